The number of nitrogens with zero attached hydrogens (tertiary/aromatic N) is 2. The second-order valence-electron chi connectivity index (χ2n) is 8.60. The molecule has 6 N–H and O–H groups in total. The van der Waals surface area contributed by atoms with Crippen molar-refractivity contribution in [3.8, 4) is 6.07 Å². The maximum Gasteiger partial charge on any atom is 0.338 e. The van der Waals surface area contributed by atoms with Crippen LogP contribution in [0.1, 0.15) is 40.4 Å². The molecule has 3 atom stereocenters. The Morgan fingerprint density at radius 3 is 2.27 bits per heavy atom. The van der Waals surface area contributed by atoms with E-state index in [4.69, 9.17) is 30.9 Å². The zero-order valence-electron chi connectivity index (χ0n) is 20.4. The highest BCUT2D eigenvalue weighted by molar-refractivity contribution is 5.89. The van der Waals surface area contributed by atoms with Crippen molar-refractivity contribution in [2.45, 2.75) is 44.4 Å². The van der Waals surface area contributed by atoms with E-state index in [0.29, 0.717) is 17.7 Å². The molecule has 11 nitrogen and oxygen atoms in total. The summed E-state index contributed by atoms with van der Waals surface area (Å²) >= 11 is 0. The first-order valence-corrected chi connectivity index (χ1v) is 11.7. The number of nitriles is 1. The van der Waals surface area contributed by atoms with E-state index >= 15 is 0 Å². The number of carbonyl (C=O) groups is 3. The summed E-state index contributed by atoms with van der Waals surface area (Å²) in [6, 6.07) is 15.5. The number of aliphatic hydroxyl groups excluding tert-OH is 2. The van der Waals surface area contributed by atoms with E-state index in [1.807, 2.05) is 31.2 Å². The van der Waals surface area contributed by atoms with Crippen LogP contribution in [0.2, 0.25) is 0 Å². The number of esters is 1. The van der Waals surface area contributed by atoms with Crippen molar-refractivity contribution in [3.05, 3.63) is 64.7 Å². The average Bonchev–Trinajstić information content (AvgIpc) is 3.28. The molecule has 198 valence electrons. The van der Waals surface area contributed by atoms with E-state index < -0.39 is 24.1 Å². The van der Waals surface area contributed by atoms with Gasteiger partial charge in [0.15, 0.2) is 12.2 Å². The van der Waals surface area contributed by atoms with Gasteiger partial charge in [-0.05, 0) is 55.5 Å². The van der Waals surface area contributed by atoms with Gasteiger partial charge in [-0.15, -0.1) is 0 Å². The van der Waals surface area contributed by atoms with Gasteiger partial charge in [0.25, 0.3) is 0 Å². The molecule has 0 saturated heterocycles. The molecular formula is C26H31N3O8. The normalized spacial score (nSPS) is 14.3. The summed E-state index contributed by atoms with van der Waals surface area (Å²) in [5.74, 6) is -3.83. The van der Waals surface area contributed by atoms with Crippen LogP contribution in [0.15, 0.2) is 42.5 Å². The van der Waals surface area contributed by atoms with Crippen LogP contribution in [-0.2, 0) is 27.2 Å². The molecule has 1 aliphatic heterocycles. The number of carboxylic acids is 2. The highest BCUT2D eigenvalue weighted by atomic mass is 16.5. The highest BCUT2D eigenvalue weighted by Crippen LogP contribution is 2.33. The van der Waals surface area contributed by atoms with Gasteiger partial charge in [0.2, 0.25) is 0 Å². The predicted octanol–water partition coefficient (Wildman–Crippen LogP) is 0.935. The fraction of sp³-hybridized carbons (Fsp3) is 0.385. The van der Waals surface area contributed by atoms with E-state index in [2.05, 4.69) is 17.0 Å². The number of nitrogens with two attached hydrogens (primary N) is 1. The molecule has 2 aromatic carbocycles. The minimum Gasteiger partial charge on any atom is -0.479 e. The summed E-state index contributed by atoms with van der Waals surface area (Å²) in [6.45, 7) is 3.99. The Bertz CT molecular complexity index is 1110. The third-order valence-corrected chi connectivity index (χ3v) is 5.51. The fourth-order valence-electron chi connectivity index (χ4n) is 3.84. The van der Waals surface area contributed by atoms with Gasteiger partial charge < -0.3 is 35.8 Å². The first kappa shape index (κ1) is 29.3. The molecule has 0 radical (unpaired) electrons. The van der Waals surface area contributed by atoms with E-state index in [9.17, 15) is 19.6 Å². The molecule has 1 aliphatic rings. The van der Waals surface area contributed by atoms with Crippen LogP contribution in [0.25, 0.3) is 0 Å². The van der Waals surface area contributed by atoms with Crippen molar-refractivity contribution >= 4 is 23.6 Å². The molecule has 37 heavy (non-hydrogen) atoms. The SMILES string of the molecule is C[C@@H](N)Cc1cc(C#N)c2c(c1)CCN2CCCOC(=O)c1ccccc1.O=C(O)[C@H](O)[C@@H](O)C(=O)O. The zero-order valence-corrected chi connectivity index (χ0v) is 20.4. The molecular weight excluding hydrogens is 482 g/mol. The molecule has 0 aliphatic carbocycles. The Morgan fingerprint density at radius 1 is 1.11 bits per heavy atom. The molecule has 0 bridgehead atoms. The van der Waals surface area contributed by atoms with Crippen LogP contribution in [-0.4, -0.2) is 76.3 Å². The average molecular weight is 514 g/mol. The number of hydrogen-bond acceptors (Lipinski definition) is 9. The Morgan fingerprint density at radius 2 is 1.73 bits per heavy atom. The number of aliphatic hydroxyl groups is 2. The topological polar surface area (TPSA) is 194 Å². The van der Waals surface area contributed by atoms with Crippen LogP contribution in [0, 0.1) is 11.3 Å². The lowest BCUT2D eigenvalue weighted by Gasteiger charge is -2.21. The summed E-state index contributed by atoms with van der Waals surface area (Å²) in [5.41, 5.74) is 10.5. The zero-order chi connectivity index (χ0) is 27.5. The number of fused-ring (bicyclic) bond motifs is 1. The van der Waals surface area contributed by atoms with Crippen molar-refractivity contribution in [2.75, 3.05) is 24.6 Å². The van der Waals surface area contributed by atoms with Crippen LogP contribution < -0.4 is 10.6 Å². The lowest BCUT2D eigenvalue weighted by molar-refractivity contribution is -0.165. The summed E-state index contributed by atoms with van der Waals surface area (Å²) in [5, 5.41) is 42.1. The lowest BCUT2D eigenvalue weighted by atomic mass is 9.99. The third-order valence-electron chi connectivity index (χ3n) is 5.51. The Kier molecular flexibility index (Phi) is 11.0. The van der Waals surface area contributed by atoms with E-state index in [1.165, 1.54) is 5.56 Å². The van der Waals surface area contributed by atoms with Gasteiger partial charge in [-0.1, -0.05) is 24.3 Å². The molecule has 0 aromatic heterocycles. The largest absolute Gasteiger partial charge is 0.479 e. The summed E-state index contributed by atoms with van der Waals surface area (Å²) in [6.07, 6.45) is -2.10. The molecule has 0 amide bonds. The number of carbonyl (C=O) groups excluding carboxylic acids is 1. The number of aliphatic carboxylic acids is 2. The number of benzene rings is 2. The van der Waals surface area contributed by atoms with Crippen LogP contribution in [0.5, 0.6) is 0 Å². The fourth-order valence-corrected chi connectivity index (χ4v) is 3.84. The number of hydrogen-bond donors (Lipinski definition) is 5. The third kappa shape index (κ3) is 8.57. The van der Waals surface area contributed by atoms with E-state index in [0.717, 1.165) is 43.6 Å². The van der Waals surface area contributed by atoms with Gasteiger partial charge in [0, 0.05) is 19.1 Å². The molecule has 11 heteroatoms. The molecule has 1 heterocycles. The smallest absolute Gasteiger partial charge is 0.338 e. The van der Waals surface area contributed by atoms with Gasteiger partial charge in [0.1, 0.15) is 6.07 Å². The monoisotopic (exact) mass is 513 g/mol. The first-order valence-electron chi connectivity index (χ1n) is 11.7. The van der Waals surface area contributed by atoms with Crippen LogP contribution in [0.4, 0.5) is 5.69 Å². The standard InChI is InChI=1S/C22H25N3O2.C4H6O6/c1-16(24)12-17-13-19-8-10-25(21(19)20(14-17)15-23)9-5-11-27-22(26)18-6-3-2-4-7-18;5-1(3(7)8)2(6)4(9)10/h2-4,6-7,13-14,16H,5,8-12,24H2,1H3;1-2,5-6H,(H,7,8)(H,9,10)/t16-;1-,2-/m11/s1. The Labute approximate surface area is 214 Å². The number of anilines is 1. The molecule has 2 aromatic rings. The maximum atomic E-state index is 12.0. The molecule has 0 unspecified atom stereocenters. The molecule has 0 fully saturated rings. The Hall–Kier alpha value is -3.98. The van der Waals surface area contributed by atoms with Gasteiger partial charge >= 0.3 is 17.9 Å². The Balaban J connectivity index is 0.000000410. The summed E-state index contributed by atoms with van der Waals surface area (Å²) < 4.78 is 5.35. The van der Waals surface area contributed by atoms with Crippen molar-refractivity contribution in [3.63, 3.8) is 0 Å². The van der Waals surface area contributed by atoms with Crippen molar-refractivity contribution in [2.24, 2.45) is 5.73 Å². The van der Waals surface area contributed by atoms with Crippen molar-refractivity contribution < 1.29 is 39.5 Å². The number of ether oxygens (including phenoxy) is 1. The van der Waals surface area contributed by atoms with Crippen molar-refractivity contribution in [1.82, 2.24) is 0 Å². The van der Waals surface area contributed by atoms with E-state index in [-0.39, 0.29) is 12.0 Å². The molecule has 0 saturated carbocycles. The first-order chi connectivity index (χ1) is 17.5. The minimum atomic E-state index is -2.27. The minimum absolute atomic E-state index is 0.0754. The van der Waals surface area contributed by atoms with Gasteiger partial charge in [-0.2, -0.15) is 5.26 Å². The quantitative estimate of drug-likeness (QED) is 0.224. The number of rotatable bonds is 10. The van der Waals surface area contributed by atoms with Crippen LogP contribution in [0.3, 0.4) is 0 Å². The molecule has 3 rings (SSSR count). The van der Waals surface area contributed by atoms with Gasteiger partial charge in [-0.25, -0.2) is 14.4 Å². The lowest BCUT2D eigenvalue weighted by Crippen LogP contribution is -2.39. The number of carboxylic acid groups (broad SMARTS) is 2. The summed E-state index contributed by atoms with van der Waals surface area (Å²) in [7, 11) is 0. The highest BCUT2D eigenvalue weighted by Gasteiger charge is 2.29. The predicted molar refractivity (Wildman–Crippen MR) is 133 cm³/mol. The maximum absolute atomic E-state index is 12.0. The van der Waals surface area contributed by atoms with E-state index in [1.54, 1.807) is 12.1 Å². The second-order valence-corrected chi connectivity index (χ2v) is 8.60. The van der Waals surface area contributed by atoms with Gasteiger partial charge in [-0.3, -0.25) is 0 Å². The van der Waals surface area contributed by atoms with Crippen molar-refractivity contribution in [1.29, 1.82) is 5.26 Å². The van der Waals surface area contributed by atoms with Gasteiger partial charge in [0.05, 0.1) is 23.4 Å². The van der Waals surface area contributed by atoms with Crippen LogP contribution >= 0.6 is 0 Å². The second kappa shape index (κ2) is 13.9. The summed E-state index contributed by atoms with van der Waals surface area (Å²) in [4.78, 5) is 33.7. The molecule has 0 spiro atoms.